The van der Waals surface area contributed by atoms with Crippen molar-refractivity contribution < 1.29 is 0 Å². The van der Waals surface area contributed by atoms with Crippen molar-refractivity contribution in [2.24, 2.45) is 5.92 Å². The van der Waals surface area contributed by atoms with Crippen molar-refractivity contribution in [1.82, 2.24) is 15.3 Å². The van der Waals surface area contributed by atoms with Crippen LogP contribution in [0.25, 0.3) is 0 Å². The molecule has 1 aliphatic rings. The topological polar surface area (TPSA) is 37.8 Å². The van der Waals surface area contributed by atoms with E-state index in [1.54, 1.807) is 0 Å². The van der Waals surface area contributed by atoms with Crippen molar-refractivity contribution >= 4 is 24.0 Å². The molecular formula is C20H27Cl2N3. The summed E-state index contributed by atoms with van der Waals surface area (Å²) in [7, 11) is 0. The van der Waals surface area contributed by atoms with E-state index < -0.39 is 0 Å². The van der Waals surface area contributed by atoms with E-state index in [0.717, 1.165) is 55.3 Å². The highest BCUT2D eigenvalue weighted by molar-refractivity contribution is 6.31. The molecule has 1 aromatic heterocycles. The van der Waals surface area contributed by atoms with Gasteiger partial charge in [-0.3, -0.25) is 0 Å². The molecule has 0 unspecified atom stereocenters. The molecule has 0 amide bonds. The minimum Gasteiger partial charge on any atom is -0.317 e. The molecule has 1 fully saturated rings. The largest absolute Gasteiger partial charge is 0.317 e. The minimum atomic E-state index is -0.112. The fourth-order valence-electron chi connectivity index (χ4n) is 3.57. The van der Waals surface area contributed by atoms with Gasteiger partial charge in [-0.05, 0) is 56.0 Å². The SMILES string of the molecule is CC(C)CCc1nccc(C2(c3ccccc3Cl)CCNCC2)n1.Cl. The number of rotatable bonds is 5. The third-order valence-electron chi connectivity index (χ3n) is 4.99. The summed E-state index contributed by atoms with van der Waals surface area (Å²) in [5, 5.41) is 4.30. The average molecular weight is 380 g/mol. The Kier molecular flexibility index (Phi) is 7.24. The van der Waals surface area contributed by atoms with Crippen LogP contribution < -0.4 is 5.32 Å². The molecule has 0 radical (unpaired) electrons. The lowest BCUT2D eigenvalue weighted by molar-refractivity contribution is 0.353. The van der Waals surface area contributed by atoms with Gasteiger partial charge in [0.05, 0.1) is 5.69 Å². The summed E-state index contributed by atoms with van der Waals surface area (Å²) in [5.41, 5.74) is 2.20. The van der Waals surface area contributed by atoms with Crippen LogP contribution in [0, 0.1) is 5.92 Å². The number of aryl methyl sites for hydroxylation is 1. The van der Waals surface area contributed by atoms with Gasteiger partial charge < -0.3 is 5.32 Å². The molecule has 0 bridgehead atoms. The number of benzene rings is 1. The number of hydrogen-bond acceptors (Lipinski definition) is 3. The first kappa shape index (κ1) is 20.2. The predicted octanol–water partition coefficient (Wildman–Crippen LogP) is 4.81. The number of hydrogen-bond donors (Lipinski definition) is 1. The summed E-state index contributed by atoms with van der Waals surface area (Å²) in [5.74, 6) is 1.61. The van der Waals surface area contributed by atoms with Gasteiger partial charge in [-0.2, -0.15) is 0 Å². The molecule has 2 aromatic rings. The second-order valence-corrected chi connectivity index (χ2v) is 7.51. The van der Waals surface area contributed by atoms with Crippen LogP contribution in [0.4, 0.5) is 0 Å². The molecule has 1 N–H and O–H groups in total. The van der Waals surface area contributed by atoms with Gasteiger partial charge in [0.15, 0.2) is 0 Å². The molecule has 0 aliphatic carbocycles. The van der Waals surface area contributed by atoms with Crippen molar-refractivity contribution in [2.45, 2.75) is 44.9 Å². The van der Waals surface area contributed by atoms with Crippen LogP contribution >= 0.6 is 24.0 Å². The molecule has 3 nitrogen and oxygen atoms in total. The Morgan fingerprint density at radius 3 is 2.56 bits per heavy atom. The highest BCUT2D eigenvalue weighted by Crippen LogP contribution is 2.42. The van der Waals surface area contributed by atoms with E-state index in [0.29, 0.717) is 5.92 Å². The highest BCUT2D eigenvalue weighted by atomic mass is 35.5. The van der Waals surface area contributed by atoms with Crippen LogP contribution in [0.5, 0.6) is 0 Å². The minimum absolute atomic E-state index is 0. The van der Waals surface area contributed by atoms with E-state index in [-0.39, 0.29) is 17.8 Å². The first-order chi connectivity index (χ1) is 11.6. The normalized spacial score (nSPS) is 16.5. The van der Waals surface area contributed by atoms with Crippen LogP contribution in [0.15, 0.2) is 36.5 Å². The summed E-state index contributed by atoms with van der Waals surface area (Å²) >= 11 is 6.58. The van der Waals surface area contributed by atoms with Crippen molar-refractivity contribution in [3.63, 3.8) is 0 Å². The Bertz CT molecular complexity index is 682. The van der Waals surface area contributed by atoms with Crippen LogP contribution in [-0.2, 0) is 11.8 Å². The lowest BCUT2D eigenvalue weighted by Crippen LogP contribution is -2.41. The summed E-state index contributed by atoms with van der Waals surface area (Å²) in [6.07, 6.45) is 5.99. The number of halogens is 2. The fourth-order valence-corrected chi connectivity index (χ4v) is 3.89. The van der Waals surface area contributed by atoms with Crippen molar-refractivity contribution in [3.8, 4) is 0 Å². The van der Waals surface area contributed by atoms with E-state index in [1.165, 1.54) is 5.56 Å². The number of aromatic nitrogens is 2. The van der Waals surface area contributed by atoms with E-state index in [1.807, 2.05) is 18.3 Å². The molecule has 1 aliphatic heterocycles. The molecule has 0 spiro atoms. The fraction of sp³-hybridized carbons (Fsp3) is 0.500. The molecule has 0 saturated carbocycles. The predicted molar refractivity (Wildman–Crippen MR) is 107 cm³/mol. The Hall–Kier alpha value is -1.16. The quantitative estimate of drug-likeness (QED) is 0.809. The molecular weight excluding hydrogens is 353 g/mol. The maximum Gasteiger partial charge on any atom is 0.128 e. The summed E-state index contributed by atoms with van der Waals surface area (Å²) in [6, 6.07) is 10.3. The molecule has 2 heterocycles. The monoisotopic (exact) mass is 379 g/mol. The number of nitrogens with one attached hydrogen (secondary N) is 1. The molecule has 1 saturated heterocycles. The Labute approximate surface area is 162 Å². The zero-order valence-corrected chi connectivity index (χ0v) is 16.5. The van der Waals surface area contributed by atoms with Crippen molar-refractivity contribution in [1.29, 1.82) is 0 Å². The highest BCUT2D eigenvalue weighted by Gasteiger charge is 2.38. The van der Waals surface area contributed by atoms with Gasteiger partial charge in [0.2, 0.25) is 0 Å². The first-order valence-corrected chi connectivity index (χ1v) is 9.28. The zero-order chi connectivity index (χ0) is 17.0. The Morgan fingerprint density at radius 2 is 1.88 bits per heavy atom. The average Bonchev–Trinajstić information content (AvgIpc) is 2.61. The van der Waals surface area contributed by atoms with E-state index in [2.05, 4.69) is 42.3 Å². The van der Waals surface area contributed by atoms with Gasteiger partial charge in [0, 0.05) is 23.1 Å². The molecule has 3 rings (SSSR count). The lowest BCUT2D eigenvalue weighted by Gasteiger charge is -2.38. The smallest absolute Gasteiger partial charge is 0.128 e. The first-order valence-electron chi connectivity index (χ1n) is 8.90. The second-order valence-electron chi connectivity index (χ2n) is 7.10. The lowest BCUT2D eigenvalue weighted by atomic mass is 9.70. The second kappa shape index (κ2) is 8.98. The number of nitrogens with zero attached hydrogens (tertiary/aromatic N) is 2. The molecule has 0 atom stereocenters. The van der Waals surface area contributed by atoms with Crippen LogP contribution in [0.3, 0.4) is 0 Å². The summed E-state index contributed by atoms with van der Waals surface area (Å²) in [6.45, 7) is 6.44. The molecule has 1 aromatic carbocycles. The summed E-state index contributed by atoms with van der Waals surface area (Å²) in [4.78, 5) is 9.45. The van der Waals surface area contributed by atoms with Gasteiger partial charge in [0.25, 0.3) is 0 Å². The van der Waals surface area contributed by atoms with Crippen LogP contribution in [0.2, 0.25) is 5.02 Å². The molecule has 5 heteroatoms. The maximum absolute atomic E-state index is 6.58. The third kappa shape index (κ3) is 4.52. The zero-order valence-electron chi connectivity index (χ0n) is 15.0. The van der Waals surface area contributed by atoms with E-state index in [4.69, 9.17) is 16.6 Å². The van der Waals surface area contributed by atoms with E-state index >= 15 is 0 Å². The maximum atomic E-state index is 6.58. The van der Waals surface area contributed by atoms with Crippen molar-refractivity contribution in [3.05, 3.63) is 58.6 Å². The van der Waals surface area contributed by atoms with Crippen LogP contribution in [0.1, 0.15) is 50.2 Å². The van der Waals surface area contributed by atoms with Crippen LogP contribution in [-0.4, -0.2) is 23.1 Å². The Morgan fingerprint density at radius 1 is 1.16 bits per heavy atom. The molecule has 136 valence electrons. The van der Waals surface area contributed by atoms with E-state index in [9.17, 15) is 0 Å². The standard InChI is InChI=1S/C20H26ClN3.ClH/c1-15(2)7-8-19-23-12-9-18(24-19)20(10-13-22-14-11-20)16-5-3-4-6-17(16)21;/h3-6,9,12,15,22H,7-8,10-11,13-14H2,1-2H3;1H. The van der Waals surface area contributed by atoms with Gasteiger partial charge in [0.1, 0.15) is 5.82 Å². The third-order valence-corrected chi connectivity index (χ3v) is 5.32. The van der Waals surface area contributed by atoms with Gasteiger partial charge in [-0.25, -0.2) is 9.97 Å². The van der Waals surface area contributed by atoms with Gasteiger partial charge >= 0.3 is 0 Å². The van der Waals surface area contributed by atoms with Gasteiger partial charge in [-0.1, -0.05) is 43.6 Å². The summed E-state index contributed by atoms with van der Waals surface area (Å²) < 4.78 is 0. The van der Waals surface area contributed by atoms with Crippen molar-refractivity contribution in [2.75, 3.05) is 13.1 Å². The number of piperidine rings is 1. The molecule has 25 heavy (non-hydrogen) atoms. The van der Waals surface area contributed by atoms with Gasteiger partial charge in [-0.15, -0.1) is 12.4 Å². The Balaban J connectivity index is 0.00000225.